The molecule has 1 aliphatic carbocycles. The Morgan fingerprint density at radius 1 is 1.40 bits per heavy atom. The lowest BCUT2D eigenvalue weighted by Gasteiger charge is -2.19. The molecular formula is C11H15BrN2S. The summed E-state index contributed by atoms with van der Waals surface area (Å²) in [5.74, 6) is 1.64. The largest absolute Gasteiger partial charge is 0.345 e. The van der Waals surface area contributed by atoms with Crippen LogP contribution in [0.2, 0.25) is 0 Å². The van der Waals surface area contributed by atoms with Crippen molar-refractivity contribution in [3.63, 3.8) is 0 Å². The molecule has 0 amide bonds. The second-order valence-corrected chi connectivity index (χ2v) is 6.32. The van der Waals surface area contributed by atoms with Crippen molar-refractivity contribution in [2.75, 3.05) is 0 Å². The number of hydrogen-bond donors (Lipinski definition) is 1. The molecule has 4 heteroatoms. The topological polar surface area (TPSA) is 28.7 Å². The Labute approximate surface area is 104 Å². The average Bonchev–Trinajstić information content (AvgIpc) is 2.90. The van der Waals surface area contributed by atoms with Crippen LogP contribution in [-0.2, 0) is 5.41 Å². The van der Waals surface area contributed by atoms with Gasteiger partial charge in [0.05, 0.1) is 4.47 Å². The molecule has 0 unspecified atom stereocenters. The second kappa shape index (κ2) is 3.67. The van der Waals surface area contributed by atoms with E-state index in [4.69, 9.17) is 12.2 Å². The molecule has 0 aliphatic heterocycles. The van der Waals surface area contributed by atoms with Crippen molar-refractivity contribution in [3.05, 3.63) is 20.6 Å². The van der Waals surface area contributed by atoms with E-state index in [1.165, 1.54) is 18.5 Å². The van der Waals surface area contributed by atoms with Crippen molar-refractivity contribution >= 4 is 28.1 Å². The van der Waals surface area contributed by atoms with Crippen molar-refractivity contribution < 1.29 is 0 Å². The Morgan fingerprint density at radius 3 is 2.47 bits per heavy atom. The molecule has 2 rings (SSSR count). The number of aromatic amines is 1. The lowest BCUT2D eigenvalue weighted by molar-refractivity contribution is 0.539. The molecule has 1 aliphatic rings. The Kier molecular flexibility index (Phi) is 2.75. The van der Waals surface area contributed by atoms with Gasteiger partial charge in [0.15, 0.2) is 0 Å². The smallest absolute Gasteiger partial charge is 0.144 e. The fourth-order valence-electron chi connectivity index (χ4n) is 1.48. The number of aromatic nitrogens is 2. The molecule has 1 aromatic heterocycles. The van der Waals surface area contributed by atoms with Crippen molar-refractivity contribution in [2.45, 2.75) is 44.9 Å². The standard InChI is InChI=1S/C11H15BrN2S/c1-11(2,3)10-13-8(6-4-5-6)7(12)9(15)14-10/h6H,4-5H2,1-3H3,(H,13,14,15). The predicted octanol–water partition coefficient (Wildman–Crippen LogP) is 4.08. The summed E-state index contributed by atoms with van der Waals surface area (Å²) in [5.41, 5.74) is 1.26. The van der Waals surface area contributed by atoms with Gasteiger partial charge in [-0.1, -0.05) is 33.0 Å². The summed E-state index contributed by atoms with van der Waals surface area (Å²) in [6, 6.07) is 0. The Bertz CT molecular complexity index is 441. The highest BCUT2D eigenvalue weighted by molar-refractivity contribution is 9.10. The van der Waals surface area contributed by atoms with E-state index in [2.05, 4.69) is 46.7 Å². The van der Waals surface area contributed by atoms with Gasteiger partial charge in [-0.15, -0.1) is 0 Å². The normalized spacial score (nSPS) is 16.8. The molecule has 0 aromatic carbocycles. The first-order valence-corrected chi connectivity index (χ1v) is 6.40. The van der Waals surface area contributed by atoms with Crippen molar-refractivity contribution in [2.24, 2.45) is 0 Å². The number of nitrogens with zero attached hydrogens (tertiary/aromatic N) is 1. The van der Waals surface area contributed by atoms with E-state index in [0.717, 1.165) is 10.3 Å². The highest BCUT2D eigenvalue weighted by Crippen LogP contribution is 2.42. The van der Waals surface area contributed by atoms with Crippen molar-refractivity contribution in [3.8, 4) is 0 Å². The van der Waals surface area contributed by atoms with Gasteiger partial charge in [0, 0.05) is 17.0 Å². The monoisotopic (exact) mass is 286 g/mol. The second-order valence-electron chi connectivity index (χ2n) is 5.14. The van der Waals surface area contributed by atoms with Gasteiger partial charge in [0.1, 0.15) is 10.5 Å². The minimum atomic E-state index is 0.0257. The molecule has 0 atom stereocenters. The predicted molar refractivity (Wildman–Crippen MR) is 67.8 cm³/mol. The molecule has 1 fully saturated rings. The Morgan fingerprint density at radius 2 is 2.00 bits per heavy atom. The van der Waals surface area contributed by atoms with E-state index < -0.39 is 0 Å². The Balaban J connectivity index is 2.56. The summed E-state index contributed by atoms with van der Waals surface area (Å²) >= 11 is 8.79. The van der Waals surface area contributed by atoms with Crippen LogP contribution in [0.25, 0.3) is 0 Å². The van der Waals surface area contributed by atoms with Gasteiger partial charge < -0.3 is 4.98 Å². The maximum absolute atomic E-state index is 5.27. The third kappa shape index (κ3) is 2.31. The number of rotatable bonds is 1. The number of nitrogens with one attached hydrogen (secondary N) is 1. The van der Waals surface area contributed by atoms with E-state index in [1.807, 2.05) is 0 Å². The van der Waals surface area contributed by atoms with Gasteiger partial charge in [-0.2, -0.15) is 0 Å². The van der Waals surface area contributed by atoms with E-state index in [9.17, 15) is 0 Å². The Hall–Kier alpha value is -0.220. The van der Waals surface area contributed by atoms with Crippen LogP contribution in [0.1, 0.15) is 51.0 Å². The summed E-state index contributed by atoms with van der Waals surface area (Å²) in [7, 11) is 0. The molecule has 1 saturated carbocycles. The molecular weight excluding hydrogens is 272 g/mol. The molecule has 0 bridgehead atoms. The first kappa shape index (κ1) is 11.3. The third-order valence-electron chi connectivity index (χ3n) is 2.59. The van der Waals surface area contributed by atoms with Gasteiger partial charge in [-0.3, -0.25) is 0 Å². The van der Waals surface area contributed by atoms with Crippen LogP contribution in [-0.4, -0.2) is 9.97 Å². The van der Waals surface area contributed by atoms with Gasteiger partial charge in [-0.25, -0.2) is 4.98 Å². The summed E-state index contributed by atoms with van der Waals surface area (Å²) in [6.07, 6.45) is 2.52. The minimum Gasteiger partial charge on any atom is -0.345 e. The van der Waals surface area contributed by atoms with Crippen LogP contribution >= 0.6 is 28.1 Å². The highest BCUT2D eigenvalue weighted by Gasteiger charge is 2.29. The first-order chi connectivity index (χ1) is 6.89. The van der Waals surface area contributed by atoms with Crippen LogP contribution in [0.5, 0.6) is 0 Å². The highest BCUT2D eigenvalue weighted by atomic mass is 79.9. The molecule has 2 nitrogen and oxygen atoms in total. The molecule has 1 heterocycles. The number of hydrogen-bond acceptors (Lipinski definition) is 2. The lowest BCUT2D eigenvalue weighted by Crippen LogP contribution is -2.17. The van der Waals surface area contributed by atoms with E-state index in [0.29, 0.717) is 10.6 Å². The summed E-state index contributed by atoms with van der Waals surface area (Å²) in [6.45, 7) is 6.43. The summed E-state index contributed by atoms with van der Waals surface area (Å²) in [4.78, 5) is 7.86. The molecule has 1 aromatic rings. The van der Waals surface area contributed by atoms with E-state index >= 15 is 0 Å². The quantitative estimate of drug-likeness (QED) is 0.788. The summed E-state index contributed by atoms with van der Waals surface area (Å²) < 4.78 is 1.66. The van der Waals surface area contributed by atoms with E-state index in [-0.39, 0.29) is 5.41 Å². The fourth-order valence-corrected chi connectivity index (χ4v) is 2.20. The van der Waals surface area contributed by atoms with Crippen molar-refractivity contribution in [1.82, 2.24) is 9.97 Å². The first-order valence-electron chi connectivity index (χ1n) is 5.20. The van der Waals surface area contributed by atoms with Crippen molar-refractivity contribution in [1.29, 1.82) is 0 Å². The van der Waals surface area contributed by atoms with Crippen LogP contribution in [0, 0.1) is 4.64 Å². The van der Waals surface area contributed by atoms with Gasteiger partial charge in [0.2, 0.25) is 0 Å². The number of H-pyrrole nitrogens is 1. The zero-order chi connectivity index (χ0) is 11.2. The van der Waals surface area contributed by atoms with E-state index in [1.54, 1.807) is 0 Å². The van der Waals surface area contributed by atoms with Gasteiger partial charge >= 0.3 is 0 Å². The zero-order valence-electron chi connectivity index (χ0n) is 9.22. The molecule has 1 N–H and O–H groups in total. The minimum absolute atomic E-state index is 0.0257. The van der Waals surface area contributed by atoms with Gasteiger partial charge in [-0.05, 0) is 28.8 Å². The summed E-state index contributed by atoms with van der Waals surface area (Å²) in [5, 5.41) is 0. The van der Waals surface area contributed by atoms with Crippen LogP contribution < -0.4 is 0 Å². The lowest BCUT2D eigenvalue weighted by atomic mass is 9.95. The molecule has 0 saturated heterocycles. The third-order valence-corrected chi connectivity index (χ3v) is 3.95. The SMILES string of the molecule is CC(C)(C)c1nc(=S)c(Br)c(C2CC2)[nH]1. The molecule has 82 valence electrons. The van der Waals surface area contributed by atoms with Crippen LogP contribution in [0.15, 0.2) is 4.47 Å². The molecule has 0 radical (unpaired) electrons. The van der Waals surface area contributed by atoms with Crippen LogP contribution in [0.4, 0.5) is 0 Å². The molecule has 0 spiro atoms. The maximum atomic E-state index is 5.27. The maximum Gasteiger partial charge on any atom is 0.144 e. The number of halogens is 1. The zero-order valence-corrected chi connectivity index (χ0v) is 11.6. The average molecular weight is 287 g/mol. The fraction of sp³-hybridized carbons (Fsp3) is 0.636. The van der Waals surface area contributed by atoms with Crippen LogP contribution in [0.3, 0.4) is 0 Å². The van der Waals surface area contributed by atoms with Gasteiger partial charge in [0.25, 0.3) is 0 Å². The molecule has 15 heavy (non-hydrogen) atoms.